The zero-order valence-electron chi connectivity index (χ0n) is 11.6. The largest absolute Gasteiger partial charge is 0.396 e. The van der Waals surface area contributed by atoms with E-state index in [1.807, 2.05) is 0 Å². The van der Waals surface area contributed by atoms with Gasteiger partial charge in [-0.15, -0.1) is 0 Å². The molecule has 21 heavy (non-hydrogen) atoms. The second-order valence-corrected chi connectivity index (χ2v) is 5.64. The fourth-order valence-corrected chi connectivity index (χ4v) is 2.69. The molecule has 1 unspecified atom stereocenters. The van der Waals surface area contributed by atoms with Gasteiger partial charge in [-0.05, 0) is 37.8 Å². The number of hydrogen-bond donors (Lipinski definition) is 2. The molecule has 1 saturated heterocycles. The number of nitrogen functional groups attached to an aromatic ring is 1. The molecule has 1 aromatic rings. The SMILES string of the molecule is Nc1c(F)cccc1C(=O)N1CCCC1C(=O)NC1CC1. The van der Waals surface area contributed by atoms with Gasteiger partial charge in [0.1, 0.15) is 11.9 Å². The number of halogens is 1. The predicted molar refractivity (Wildman–Crippen MR) is 76.0 cm³/mol. The Labute approximate surface area is 122 Å². The lowest BCUT2D eigenvalue weighted by molar-refractivity contribution is -0.125. The Balaban J connectivity index is 1.79. The molecular weight excluding hydrogens is 273 g/mol. The van der Waals surface area contributed by atoms with Crippen LogP contribution >= 0.6 is 0 Å². The van der Waals surface area contributed by atoms with E-state index in [4.69, 9.17) is 5.73 Å². The highest BCUT2D eigenvalue weighted by atomic mass is 19.1. The second kappa shape index (κ2) is 5.35. The summed E-state index contributed by atoms with van der Waals surface area (Å²) < 4.78 is 13.5. The summed E-state index contributed by atoms with van der Waals surface area (Å²) in [6, 6.07) is 3.95. The van der Waals surface area contributed by atoms with Crippen molar-refractivity contribution < 1.29 is 14.0 Å². The number of rotatable bonds is 3. The minimum atomic E-state index is -0.612. The summed E-state index contributed by atoms with van der Waals surface area (Å²) in [4.78, 5) is 26.2. The van der Waals surface area contributed by atoms with E-state index >= 15 is 0 Å². The third-order valence-electron chi connectivity index (χ3n) is 4.02. The van der Waals surface area contributed by atoms with E-state index in [0.717, 1.165) is 19.3 Å². The number of likely N-dealkylation sites (tertiary alicyclic amines) is 1. The molecule has 6 heteroatoms. The van der Waals surface area contributed by atoms with Gasteiger partial charge in [0.05, 0.1) is 11.3 Å². The molecule has 0 bridgehead atoms. The van der Waals surface area contributed by atoms with Gasteiger partial charge in [0, 0.05) is 12.6 Å². The van der Waals surface area contributed by atoms with Crippen LogP contribution in [0.5, 0.6) is 0 Å². The van der Waals surface area contributed by atoms with Gasteiger partial charge in [0.2, 0.25) is 5.91 Å². The zero-order chi connectivity index (χ0) is 15.0. The molecule has 0 aromatic heterocycles. The molecule has 1 aromatic carbocycles. The van der Waals surface area contributed by atoms with Crippen molar-refractivity contribution in [1.29, 1.82) is 0 Å². The van der Waals surface area contributed by atoms with Crippen molar-refractivity contribution in [3.05, 3.63) is 29.6 Å². The molecule has 3 rings (SSSR count). The third-order valence-corrected chi connectivity index (χ3v) is 4.02. The van der Waals surface area contributed by atoms with Crippen LogP contribution in [0.4, 0.5) is 10.1 Å². The molecule has 1 aliphatic heterocycles. The van der Waals surface area contributed by atoms with Crippen molar-refractivity contribution in [3.63, 3.8) is 0 Å². The van der Waals surface area contributed by atoms with Crippen LogP contribution in [0.1, 0.15) is 36.0 Å². The number of anilines is 1. The van der Waals surface area contributed by atoms with Crippen molar-refractivity contribution in [2.24, 2.45) is 0 Å². The van der Waals surface area contributed by atoms with Crippen LogP contribution in [0, 0.1) is 5.82 Å². The van der Waals surface area contributed by atoms with Crippen molar-refractivity contribution in [2.75, 3.05) is 12.3 Å². The number of nitrogens with one attached hydrogen (secondary N) is 1. The summed E-state index contributed by atoms with van der Waals surface area (Å²) in [5, 5.41) is 2.92. The van der Waals surface area contributed by atoms with Gasteiger partial charge in [-0.25, -0.2) is 4.39 Å². The lowest BCUT2D eigenvalue weighted by Gasteiger charge is -2.24. The van der Waals surface area contributed by atoms with Gasteiger partial charge in [-0.1, -0.05) is 6.07 Å². The minimum Gasteiger partial charge on any atom is -0.396 e. The van der Waals surface area contributed by atoms with Gasteiger partial charge < -0.3 is 16.0 Å². The molecule has 112 valence electrons. The van der Waals surface area contributed by atoms with E-state index in [0.29, 0.717) is 13.0 Å². The highest BCUT2D eigenvalue weighted by molar-refractivity contribution is 6.01. The Bertz CT molecular complexity index is 586. The van der Waals surface area contributed by atoms with Crippen molar-refractivity contribution >= 4 is 17.5 Å². The molecule has 1 atom stereocenters. The molecule has 3 N–H and O–H groups in total. The van der Waals surface area contributed by atoms with Crippen LogP contribution in [0.3, 0.4) is 0 Å². The maximum absolute atomic E-state index is 13.5. The lowest BCUT2D eigenvalue weighted by Crippen LogP contribution is -2.46. The number of nitrogens with two attached hydrogens (primary N) is 1. The van der Waals surface area contributed by atoms with Crippen LogP contribution in [0.25, 0.3) is 0 Å². The second-order valence-electron chi connectivity index (χ2n) is 5.64. The molecule has 0 spiro atoms. The summed E-state index contributed by atoms with van der Waals surface area (Å²) in [6.45, 7) is 0.498. The molecule has 1 saturated carbocycles. The molecule has 1 heterocycles. The van der Waals surface area contributed by atoms with E-state index in [1.54, 1.807) is 0 Å². The maximum atomic E-state index is 13.5. The van der Waals surface area contributed by atoms with Crippen LogP contribution in [0.15, 0.2) is 18.2 Å². The molecule has 2 aliphatic rings. The van der Waals surface area contributed by atoms with E-state index in [2.05, 4.69) is 5.32 Å². The monoisotopic (exact) mass is 291 g/mol. The Hall–Kier alpha value is -2.11. The molecule has 1 aliphatic carbocycles. The molecule has 2 fully saturated rings. The van der Waals surface area contributed by atoms with Crippen molar-refractivity contribution in [3.8, 4) is 0 Å². The van der Waals surface area contributed by atoms with E-state index in [9.17, 15) is 14.0 Å². The molecule has 5 nitrogen and oxygen atoms in total. The summed E-state index contributed by atoms with van der Waals surface area (Å²) in [6.07, 6.45) is 3.41. The predicted octanol–water partition coefficient (Wildman–Crippen LogP) is 1.29. The maximum Gasteiger partial charge on any atom is 0.256 e. The average Bonchev–Trinajstić information content (AvgIpc) is 3.14. The first-order chi connectivity index (χ1) is 10.1. The Morgan fingerprint density at radius 1 is 1.29 bits per heavy atom. The number of amides is 2. The van der Waals surface area contributed by atoms with Crippen LogP contribution < -0.4 is 11.1 Å². The van der Waals surface area contributed by atoms with E-state index < -0.39 is 11.9 Å². The average molecular weight is 291 g/mol. The Kier molecular flexibility index (Phi) is 3.53. The molecule has 2 amide bonds. The van der Waals surface area contributed by atoms with Crippen molar-refractivity contribution in [2.45, 2.75) is 37.8 Å². The smallest absolute Gasteiger partial charge is 0.256 e. The number of para-hydroxylation sites is 1. The quantitative estimate of drug-likeness (QED) is 0.824. The first-order valence-electron chi connectivity index (χ1n) is 7.23. The topological polar surface area (TPSA) is 75.4 Å². The number of carbonyl (C=O) groups excluding carboxylic acids is 2. The molecular formula is C15H18FN3O2. The van der Waals surface area contributed by atoms with Crippen LogP contribution in [-0.4, -0.2) is 35.3 Å². The first-order valence-corrected chi connectivity index (χ1v) is 7.23. The number of benzene rings is 1. The summed E-state index contributed by atoms with van der Waals surface area (Å²) in [5.41, 5.74) is 5.61. The van der Waals surface area contributed by atoms with Crippen LogP contribution in [0.2, 0.25) is 0 Å². The normalized spacial score (nSPS) is 21.4. The van der Waals surface area contributed by atoms with Gasteiger partial charge in [-0.2, -0.15) is 0 Å². The van der Waals surface area contributed by atoms with Crippen LogP contribution in [-0.2, 0) is 4.79 Å². The highest BCUT2D eigenvalue weighted by Crippen LogP contribution is 2.25. The Morgan fingerprint density at radius 2 is 2.05 bits per heavy atom. The Morgan fingerprint density at radius 3 is 2.76 bits per heavy atom. The fourth-order valence-electron chi connectivity index (χ4n) is 2.69. The van der Waals surface area contributed by atoms with Gasteiger partial charge in [0.25, 0.3) is 5.91 Å². The van der Waals surface area contributed by atoms with Crippen molar-refractivity contribution in [1.82, 2.24) is 10.2 Å². The standard InChI is InChI=1S/C15H18FN3O2/c16-11-4-1-3-10(13(11)17)15(21)19-8-2-5-12(19)14(20)18-9-6-7-9/h1,3-4,9,12H,2,5-8,17H2,(H,18,20). The third kappa shape index (κ3) is 2.70. The lowest BCUT2D eigenvalue weighted by atomic mass is 10.1. The number of carbonyl (C=O) groups is 2. The summed E-state index contributed by atoms with van der Waals surface area (Å²) in [5.74, 6) is -1.10. The molecule has 0 radical (unpaired) electrons. The van der Waals surface area contributed by atoms with Gasteiger partial charge in [0.15, 0.2) is 0 Å². The zero-order valence-corrected chi connectivity index (χ0v) is 11.6. The van der Waals surface area contributed by atoms with Gasteiger partial charge >= 0.3 is 0 Å². The number of hydrogen-bond acceptors (Lipinski definition) is 3. The van der Waals surface area contributed by atoms with Gasteiger partial charge in [-0.3, -0.25) is 9.59 Å². The number of nitrogens with zero attached hydrogens (tertiary/aromatic N) is 1. The summed E-state index contributed by atoms with van der Waals surface area (Å²) >= 11 is 0. The van der Waals surface area contributed by atoms with E-state index in [-0.39, 0.29) is 29.1 Å². The highest BCUT2D eigenvalue weighted by Gasteiger charge is 2.37. The minimum absolute atomic E-state index is 0.113. The fraction of sp³-hybridized carbons (Fsp3) is 0.467. The first kappa shape index (κ1) is 13.9. The summed E-state index contributed by atoms with van der Waals surface area (Å²) in [7, 11) is 0. The van der Waals surface area contributed by atoms with E-state index in [1.165, 1.54) is 23.1 Å².